The van der Waals surface area contributed by atoms with Gasteiger partial charge in [-0.1, -0.05) is 20.8 Å². The van der Waals surface area contributed by atoms with E-state index in [1.165, 1.54) is 15.6 Å². The van der Waals surface area contributed by atoms with Crippen molar-refractivity contribution in [1.29, 1.82) is 0 Å². The summed E-state index contributed by atoms with van der Waals surface area (Å²) >= 11 is 1.54. The standard InChI is InChI=1S/C14H26N2O3S2/c1-6-16(7-8-19-5)21(17,18)14-9-13(20-12(14)4)10-15-11(2)3/h9,11,15H,6-8,10H2,1-5H3. The third-order valence-corrected chi connectivity index (χ3v) is 6.40. The van der Waals surface area contributed by atoms with Gasteiger partial charge in [0.05, 0.1) is 11.5 Å². The van der Waals surface area contributed by atoms with E-state index in [2.05, 4.69) is 19.2 Å². The van der Waals surface area contributed by atoms with Gasteiger partial charge in [0.25, 0.3) is 0 Å². The lowest BCUT2D eigenvalue weighted by molar-refractivity contribution is 0.180. The van der Waals surface area contributed by atoms with Crippen LogP contribution < -0.4 is 5.32 Å². The van der Waals surface area contributed by atoms with Gasteiger partial charge < -0.3 is 10.1 Å². The fraction of sp³-hybridized carbons (Fsp3) is 0.714. The second-order valence-corrected chi connectivity index (χ2v) is 8.41. The van der Waals surface area contributed by atoms with Gasteiger partial charge in [0.1, 0.15) is 0 Å². The van der Waals surface area contributed by atoms with Gasteiger partial charge in [0, 0.05) is 42.5 Å². The van der Waals surface area contributed by atoms with E-state index in [0.29, 0.717) is 37.2 Å². The van der Waals surface area contributed by atoms with Crippen LogP contribution in [0.4, 0.5) is 0 Å². The first-order valence-corrected chi connectivity index (χ1v) is 9.40. The predicted molar refractivity (Wildman–Crippen MR) is 87.3 cm³/mol. The first-order valence-electron chi connectivity index (χ1n) is 7.14. The third-order valence-electron chi connectivity index (χ3n) is 3.12. The van der Waals surface area contributed by atoms with Crippen molar-refractivity contribution in [3.05, 3.63) is 15.8 Å². The van der Waals surface area contributed by atoms with Crippen LogP contribution in [-0.4, -0.2) is 45.6 Å². The highest BCUT2D eigenvalue weighted by Crippen LogP contribution is 2.28. The summed E-state index contributed by atoms with van der Waals surface area (Å²) in [5.41, 5.74) is 0. The van der Waals surface area contributed by atoms with Crippen LogP contribution in [0, 0.1) is 6.92 Å². The minimum absolute atomic E-state index is 0.376. The Labute approximate surface area is 132 Å². The van der Waals surface area contributed by atoms with E-state index in [4.69, 9.17) is 4.74 Å². The molecule has 0 amide bonds. The van der Waals surface area contributed by atoms with Gasteiger partial charge in [-0.05, 0) is 13.0 Å². The van der Waals surface area contributed by atoms with Crippen LogP contribution in [0.5, 0.6) is 0 Å². The summed E-state index contributed by atoms with van der Waals surface area (Å²) in [4.78, 5) is 2.31. The summed E-state index contributed by atoms with van der Waals surface area (Å²) in [7, 11) is -1.86. The number of rotatable bonds is 9. The van der Waals surface area contributed by atoms with Crippen molar-refractivity contribution in [2.75, 3.05) is 26.8 Å². The Bertz CT molecular complexity index is 538. The Hall–Kier alpha value is -0.470. The number of hydrogen-bond donors (Lipinski definition) is 1. The number of hydrogen-bond acceptors (Lipinski definition) is 5. The number of nitrogens with zero attached hydrogens (tertiary/aromatic N) is 1. The third kappa shape index (κ3) is 5.03. The van der Waals surface area contributed by atoms with E-state index in [1.807, 2.05) is 13.8 Å². The first kappa shape index (κ1) is 18.6. The van der Waals surface area contributed by atoms with Crippen LogP contribution in [0.2, 0.25) is 0 Å². The number of thiophene rings is 1. The van der Waals surface area contributed by atoms with Gasteiger partial charge in [-0.2, -0.15) is 4.31 Å². The Morgan fingerprint density at radius 1 is 1.43 bits per heavy atom. The molecule has 0 radical (unpaired) electrons. The highest BCUT2D eigenvalue weighted by atomic mass is 32.2. The molecule has 5 nitrogen and oxygen atoms in total. The number of methoxy groups -OCH3 is 1. The molecule has 1 N–H and O–H groups in total. The zero-order valence-corrected chi connectivity index (χ0v) is 15.1. The molecule has 0 aliphatic rings. The number of likely N-dealkylation sites (N-methyl/N-ethyl adjacent to an activating group) is 1. The van der Waals surface area contributed by atoms with Crippen molar-refractivity contribution in [2.45, 2.75) is 45.2 Å². The van der Waals surface area contributed by atoms with E-state index < -0.39 is 10.0 Å². The fourth-order valence-corrected chi connectivity index (χ4v) is 4.94. The van der Waals surface area contributed by atoms with Crippen molar-refractivity contribution < 1.29 is 13.2 Å². The summed E-state index contributed by atoms with van der Waals surface area (Å²) in [6, 6.07) is 2.17. The molecule has 0 saturated carbocycles. The van der Waals surface area contributed by atoms with E-state index in [9.17, 15) is 8.42 Å². The van der Waals surface area contributed by atoms with Crippen LogP contribution in [0.25, 0.3) is 0 Å². The maximum Gasteiger partial charge on any atom is 0.244 e. The molecule has 1 aromatic rings. The van der Waals surface area contributed by atoms with E-state index in [0.717, 1.165) is 9.75 Å². The maximum absolute atomic E-state index is 12.7. The minimum Gasteiger partial charge on any atom is -0.383 e. The quantitative estimate of drug-likeness (QED) is 0.752. The van der Waals surface area contributed by atoms with Gasteiger partial charge in [0.15, 0.2) is 0 Å². The highest BCUT2D eigenvalue weighted by Gasteiger charge is 2.26. The molecule has 1 heterocycles. The number of sulfonamides is 1. The molecule has 0 bridgehead atoms. The Balaban J connectivity index is 2.96. The number of ether oxygens (including phenoxy) is 1. The van der Waals surface area contributed by atoms with Crippen LogP contribution in [0.1, 0.15) is 30.5 Å². The number of nitrogens with one attached hydrogen (secondary N) is 1. The van der Waals surface area contributed by atoms with Gasteiger partial charge in [0.2, 0.25) is 10.0 Å². The van der Waals surface area contributed by atoms with Crippen LogP contribution >= 0.6 is 11.3 Å². The van der Waals surface area contributed by atoms with Crippen LogP contribution in [0.3, 0.4) is 0 Å². The summed E-state index contributed by atoms with van der Waals surface area (Å²) in [5, 5.41) is 3.31. The smallest absolute Gasteiger partial charge is 0.244 e. The molecular formula is C14H26N2O3S2. The monoisotopic (exact) mass is 334 g/mol. The summed E-state index contributed by atoms with van der Waals surface area (Å²) < 4.78 is 31.9. The zero-order valence-electron chi connectivity index (χ0n) is 13.5. The van der Waals surface area contributed by atoms with E-state index in [-0.39, 0.29) is 0 Å². The molecule has 21 heavy (non-hydrogen) atoms. The molecule has 122 valence electrons. The van der Waals surface area contributed by atoms with Gasteiger partial charge in [-0.25, -0.2) is 8.42 Å². The highest BCUT2D eigenvalue weighted by molar-refractivity contribution is 7.89. The van der Waals surface area contributed by atoms with Gasteiger partial charge >= 0.3 is 0 Å². The molecule has 0 fully saturated rings. The molecule has 0 aliphatic carbocycles. The Morgan fingerprint density at radius 2 is 2.10 bits per heavy atom. The van der Waals surface area contributed by atoms with E-state index >= 15 is 0 Å². The molecule has 1 aromatic heterocycles. The van der Waals surface area contributed by atoms with E-state index in [1.54, 1.807) is 13.2 Å². The number of aryl methyl sites for hydroxylation is 1. The summed E-state index contributed by atoms with van der Waals surface area (Å²) in [6.07, 6.45) is 0. The van der Waals surface area contributed by atoms with Crippen LogP contribution in [0.15, 0.2) is 11.0 Å². The largest absolute Gasteiger partial charge is 0.383 e. The molecule has 0 spiro atoms. The lowest BCUT2D eigenvalue weighted by atomic mass is 10.3. The second kappa shape index (κ2) is 8.24. The van der Waals surface area contributed by atoms with Crippen molar-refractivity contribution >= 4 is 21.4 Å². The Morgan fingerprint density at radius 3 is 2.62 bits per heavy atom. The molecule has 1 rings (SSSR count). The normalized spacial score (nSPS) is 12.5. The maximum atomic E-state index is 12.7. The molecular weight excluding hydrogens is 308 g/mol. The lowest BCUT2D eigenvalue weighted by Gasteiger charge is -2.19. The minimum atomic E-state index is -3.44. The average Bonchev–Trinajstić information content (AvgIpc) is 2.79. The van der Waals surface area contributed by atoms with Crippen molar-refractivity contribution in [2.24, 2.45) is 0 Å². The SMILES string of the molecule is CCN(CCOC)S(=O)(=O)c1cc(CNC(C)C)sc1C. The molecule has 0 saturated heterocycles. The molecule has 7 heteroatoms. The molecule has 0 unspecified atom stereocenters. The first-order chi connectivity index (χ1) is 9.82. The summed E-state index contributed by atoms with van der Waals surface area (Å²) in [5.74, 6) is 0. The van der Waals surface area contributed by atoms with Crippen molar-refractivity contribution in [3.63, 3.8) is 0 Å². The summed E-state index contributed by atoms with van der Waals surface area (Å²) in [6.45, 7) is 9.77. The molecule has 0 aliphatic heterocycles. The topological polar surface area (TPSA) is 58.6 Å². The van der Waals surface area contributed by atoms with Crippen molar-refractivity contribution in [3.8, 4) is 0 Å². The fourth-order valence-electron chi connectivity index (χ4n) is 1.95. The zero-order chi connectivity index (χ0) is 16.0. The lowest BCUT2D eigenvalue weighted by Crippen LogP contribution is -2.33. The van der Waals surface area contributed by atoms with Crippen LogP contribution in [-0.2, 0) is 21.3 Å². The van der Waals surface area contributed by atoms with Gasteiger partial charge in [-0.3, -0.25) is 0 Å². The Kier molecular flexibility index (Phi) is 7.29. The second-order valence-electron chi connectivity index (χ2n) is 5.16. The molecule has 0 atom stereocenters. The average molecular weight is 335 g/mol. The predicted octanol–water partition coefficient (Wildman–Crippen LogP) is 2.21. The van der Waals surface area contributed by atoms with Crippen molar-refractivity contribution in [1.82, 2.24) is 9.62 Å². The molecule has 0 aromatic carbocycles. The van der Waals surface area contributed by atoms with Gasteiger partial charge in [-0.15, -0.1) is 11.3 Å².